The van der Waals surface area contributed by atoms with Gasteiger partial charge in [0, 0.05) is 41.9 Å². The van der Waals surface area contributed by atoms with Crippen LogP contribution in [0.2, 0.25) is 0 Å². The van der Waals surface area contributed by atoms with E-state index in [2.05, 4.69) is 10.6 Å². The number of carbonyl (C=O) groups excluding carboxylic acids is 3. The van der Waals surface area contributed by atoms with Crippen LogP contribution in [-0.4, -0.2) is 33.7 Å². The molecule has 2 aromatic carbocycles. The van der Waals surface area contributed by atoms with Crippen LogP contribution in [0, 0.1) is 5.82 Å². The summed E-state index contributed by atoms with van der Waals surface area (Å²) in [7, 11) is 0. The first-order chi connectivity index (χ1) is 13.8. The van der Waals surface area contributed by atoms with Crippen LogP contribution < -0.4 is 10.6 Å². The zero-order valence-electron chi connectivity index (χ0n) is 15.8. The average Bonchev–Trinajstić information content (AvgIpc) is 3.04. The first kappa shape index (κ1) is 16.7. The summed E-state index contributed by atoms with van der Waals surface area (Å²) in [5.74, 6) is -2.91. The van der Waals surface area contributed by atoms with Crippen LogP contribution in [0.5, 0.6) is 5.75 Å². The van der Waals surface area contributed by atoms with Gasteiger partial charge >= 0.3 is 0 Å². The summed E-state index contributed by atoms with van der Waals surface area (Å²) in [5.41, 5.74) is 1.76. The Morgan fingerprint density at radius 2 is 2.04 bits per heavy atom. The van der Waals surface area contributed by atoms with Crippen LogP contribution in [0.15, 0.2) is 36.4 Å². The zero-order chi connectivity index (χ0) is 20.8. The Morgan fingerprint density at radius 3 is 2.82 bits per heavy atom. The van der Waals surface area contributed by atoms with Gasteiger partial charge in [0.2, 0.25) is 11.8 Å². The fourth-order valence-corrected chi connectivity index (χ4v) is 3.47. The molecule has 1 fully saturated rings. The molecule has 1 atom stereocenters. The van der Waals surface area contributed by atoms with Crippen molar-refractivity contribution in [3.05, 3.63) is 58.9 Å². The third-order valence-corrected chi connectivity index (χ3v) is 4.93. The number of aromatic hydroxyl groups is 1. The number of imide groups is 1. The van der Waals surface area contributed by atoms with Crippen molar-refractivity contribution in [2.75, 3.05) is 5.32 Å². The maximum absolute atomic E-state index is 14.0. The number of nitrogens with zero attached hydrogens (tertiary/aromatic N) is 1. The summed E-state index contributed by atoms with van der Waals surface area (Å²) in [5, 5.41) is 14.7. The predicted octanol–water partition coefficient (Wildman–Crippen LogP) is 1.90. The van der Waals surface area contributed by atoms with Gasteiger partial charge in [0.1, 0.15) is 6.02 Å². The van der Waals surface area contributed by atoms with Crippen LogP contribution >= 0.6 is 0 Å². The maximum atomic E-state index is 14.0. The molecule has 3 amide bonds. The molecule has 8 heteroatoms. The first-order valence-corrected chi connectivity index (χ1v) is 8.79. The SMILES string of the molecule is [2H][C@@]1(N2Cc3c(NCc4cccc(O)c4F)cccc3C2=O)CCC(=O)NC1=O. The molecule has 4 rings (SSSR count). The maximum Gasteiger partial charge on any atom is 0.255 e. The number of fused-ring (bicyclic) bond motifs is 1. The van der Waals surface area contributed by atoms with Crippen LogP contribution in [0.25, 0.3) is 0 Å². The molecule has 3 N–H and O–H groups in total. The summed E-state index contributed by atoms with van der Waals surface area (Å²) >= 11 is 0. The largest absolute Gasteiger partial charge is 0.505 e. The van der Waals surface area contributed by atoms with Crippen LogP contribution in [0.4, 0.5) is 10.1 Å². The van der Waals surface area contributed by atoms with Crippen molar-refractivity contribution in [2.45, 2.75) is 31.9 Å². The normalized spacial score (nSPS) is 22.0. The number of piperidine rings is 1. The lowest BCUT2D eigenvalue weighted by Crippen LogP contribution is -2.52. The van der Waals surface area contributed by atoms with E-state index in [0.717, 1.165) is 4.90 Å². The van der Waals surface area contributed by atoms with Gasteiger partial charge < -0.3 is 15.3 Å². The Balaban J connectivity index is 1.59. The van der Waals surface area contributed by atoms with Gasteiger partial charge in [-0.15, -0.1) is 0 Å². The first-order valence-electron chi connectivity index (χ1n) is 9.29. The highest BCUT2D eigenvalue weighted by molar-refractivity contribution is 6.06. The van der Waals surface area contributed by atoms with Crippen molar-refractivity contribution in [2.24, 2.45) is 0 Å². The lowest BCUT2D eigenvalue weighted by atomic mass is 10.0. The number of benzene rings is 2. The molecule has 0 spiro atoms. The number of amides is 3. The Morgan fingerprint density at radius 1 is 1.25 bits per heavy atom. The number of carbonyl (C=O) groups is 3. The minimum absolute atomic E-state index is 0.0166. The number of hydrogen-bond donors (Lipinski definition) is 3. The lowest BCUT2D eigenvalue weighted by Gasteiger charge is -2.29. The zero-order valence-corrected chi connectivity index (χ0v) is 14.8. The van der Waals surface area contributed by atoms with E-state index >= 15 is 0 Å². The Bertz CT molecular complexity index is 1040. The van der Waals surface area contributed by atoms with Gasteiger partial charge in [-0.1, -0.05) is 18.2 Å². The van der Waals surface area contributed by atoms with E-state index < -0.39 is 35.3 Å². The van der Waals surface area contributed by atoms with Gasteiger partial charge in [0.05, 0.1) is 1.37 Å². The lowest BCUT2D eigenvalue weighted by molar-refractivity contribution is -0.136. The fraction of sp³-hybridized carbons (Fsp3) is 0.250. The minimum atomic E-state index is -1.86. The third-order valence-electron chi connectivity index (χ3n) is 4.93. The highest BCUT2D eigenvalue weighted by Crippen LogP contribution is 2.32. The molecule has 28 heavy (non-hydrogen) atoms. The molecule has 2 aliphatic heterocycles. The van der Waals surface area contributed by atoms with Crippen LogP contribution in [0.1, 0.15) is 35.7 Å². The highest BCUT2D eigenvalue weighted by atomic mass is 19.1. The van der Waals surface area contributed by atoms with E-state index in [1.165, 1.54) is 18.2 Å². The molecule has 0 saturated carbocycles. The molecule has 2 heterocycles. The molecule has 1 saturated heterocycles. The molecule has 2 aliphatic rings. The quantitative estimate of drug-likeness (QED) is 0.700. The van der Waals surface area contributed by atoms with Crippen molar-refractivity contribution in [3.63, 3.8) is 0 Å². The van der Waals surface area contributed by atoms with Crippen LogP contribution in [-0.2, 0) is 22.7 Å². The van der Waals surface area contributed by atoms with Crippen LogP contribution in [0.3, 0.4) is 0 Å². The van der Waals surface area contributed by atoms with E-state index in [1.54, 1.807) is 18.2 Å². The van der Waals surface area contributed by atoms with Gasteiger partial charge in [0.15, 0.2) is 11.6 Å². The number of halogens is 1. The molecule has 2 aromatic rings. The Kier molecular flexibility index (Phi) is 4.16. The number of nitrogens with one attached hydrogen (secondary N) is 2. The number of phenols is 1. The standard InChI is InChI=1S/C20H18FN3O4/c21-18-11(3-1-6-16(18)25)9-22-14-5-2-4-12-13(14)10-24(20(12)28)15-7-8-17(26)23-19(15)27/h1-6,15,22,25H,7-10H2,(H,23,26,27)/t15-/m1/s1/i15D. The molecule has 0 aromatic heterocycles. The molecule has 7 nitrogen and oxygen atoms in total. The summed E-state index contributed by atoms with van der Waals surface area (Å²) in [4.78, 5) is 37.7. The van der Waals surface area contributed by atoms with E-state index in [9.17, 15) is 23.9 Å². The Hall–Kier alpha value is -3.42. The van der Waals surface area contributed by atoms with Crippen molar-refractivity contribution in [1.82, 2.24) is 10.2 Å². The smallest absolute Gasteiger partial charge is 0.255 e. The second kappa shape index (κ2) is 6.95. The van der Waals surface area contributed by atoms with E-state index in [1.807, 2.05) is 0 Å². The molecule has 0 bridgehead atoms. The third kappa shape index (κ3) is 3.06. The van der Waals surface area contributed by atoms with Gasteiger partial charge in [-0.3, -0.25) is 19.7 Å². The number of phenolic OH excluding ortho intramolecular Hbond substituents is 1. The van der Waals surface area contributed by atoms with Crippen molar-refractivity contribution in [1.29, 1.82) is 0 Å². The monoisotopic (exact) mass is 384 g/mol. The molecule has 144 valence electrons. The summed E-state index contributed by atoms with van der Waals surface area (Å²) in [6, 6.07) is 7.43. The second-order valence-corrected chi connectivity index (χ2v) is 6.65. The molecule has 0 radical (unpaired) electrons. The average molecular weight is 384 g/mol. The van der Waals surface area contributed by atoms with Gasteiger partial charge in [-0.05, 0) is 24.6 Å². The minimum Gasteiger partial charge on any atom is -0.505 e. The molecule has 0 aliphatic carbocycles. The van der Waals surface area contributed by atoms with Gasteiger partial charge in [0.25, 0.3) is 5.91 Å². The van der Waals surface area contributed by atoms with E-state index in [4.69, 9.17) is 1.37 Å². The predicted molar refractivity (Wildman–Crippen MR) is 97.9 cm³/mol. The van der Waals surface area contributed by atoms with E-state index in [0.29, 0.717) is 16.8 Å². The fourth-order valence-electron chi connectivity index (χ4n) is 3.47. The second-order valence-electron chi connectivity index (χ2n) is 6.65. The highest BCUT2D eigenvalue weighted by Gasteiger charge is 2.39. The van der Waals surface area contributed by atoms with Crippen molar-refractivity contribution in [3.8, 4) is 5.75 Å². The Labute approximate surface area is 161 Å². The molecular weight excluding hydrogens is 365 g/mol. The van der Waals surface area contributed by atoms with Gasteiger partial charge in [-0.2, -0.15) is 0 Å². The number of rotatable bonds is 4. The number of hydrogen-bond acceptors (Lipinski definition) is 5. The summed E-state index contributed by atoms with van der Waals surface area (Å²) < 4.78 is 22.5. The van der Waals surface area contributed by atoms with Crippen molar-refractivity contribution < 1.29 is 25.3 Å². The molecular formula is C20H18FN3O4. The van der Waals surface area contributed by atoms with Crippen molar-refractivity contribution >= 4 is 23.4 Å². The number of anilines is 1. The topological polar surface area (TPSA) is 98.7 Å². The molecule has 0 unspecified atom stereocenters. The van der Waals surface area contributed by atoms with E-state index in [-0.39, 0.29) is 31.5 Å². The summed E-state index contributed by atoms with van der Waals surface area (Å²) in [6.07, 6.45) is -0.0914. The summed E-state index contributed by atoms with van der Waals surface area (Å²) in [6.45, 7) is 0.0941. The van der Waals surface area contributed by atoms with Gasteiger partial charge in [-0.25, -0.2) is 4.39 Å².